The van der Waals surface area contributed by atoms with Crippen molar-refractivity contribution >= 4 is 50.7 Å². The Kier molecular flexibility index (Phi) is 7.62. The Hall–Kier alpha value is -3.38. The Bertz CT molecular complexity index is 1140. The number of pyridine rings is 1. The van der Waals surface area contributed by atoms with Gasteiger partial charge in [0, 0.05) is 23.4 Å². The molecule has 0 aliphatic rings. The summed E-state index contributed by atoms with van der Waals surface area (Å²) in [5.41, 5.74) is 0.681. The molecule has 3 aromatic heterocycles. The molecule has 0 spiro atoms. The van der Waals surface area contributed by atoms with Gasteiger partial charge in [0.15, 0.2) is 10.3 Å². The number of aromatic amines is 1. The summed E-state index contributed by atoms with van der Waals surface area (Å²) in [7, 11) is 0. The average molecular weight is 462 g/mol. The number of amides is 2. The van der Waals surface area contributed by atoms with Gasteiger partial charge >= 0.3 is 5.97 Å². The van der Waals surface area contributed by atoms with Gasteiger partial charge in [0.25, 0.3) is 11.5 Å². The van der Waals surface area contributed by atoms with Crippen molar-refractivity contribution in [2.24, 2.45) is 0 Å². The second kappa shape index (κ2) is 10.6. The average Bonchev–Trinajstić information content (AvgIpc) is 3.36. The van der Waals surface area contributed by atoms with Gasteiger partial charge < -0.3 is 15.0 Å². The molecule has 0 fully saturated rings. The lowest BCUT2D eigenvalue weighted by Gasteiger charge is -2.01. The van der Waals surface area contributed by atoms with Gasteiger partial charge in [-0.25, -0.2) is 9.97 Å². The predicted molar refractivity (Wildman–Crippen MR) is 117 cm³/mol. The third-order valence-corrected chi connectivity index (χ3v) is 5.49. The number of carbonyl (C=O) groups excluding carboxylic acids is 3. The highest BCUT2D eigenvalue weighted by atomic mass is 32.1. The summed E-state index contributed by atoms with van der Waals surface area (Å²) >= 11 is 2.44. The lowest BCUT2D eigenvalue weighted by atomic mass is 10.2. The molecular formula is C19H19N5O5S2. The van der Waals surface area contributed by atoms with Crippen molar-refractivity contribution in [2.45, 2.75) is 26.2 Å². The van der Waals surface area contributed by atoms with Gasteiger partial charge in [0.1, 0.15) is 5.56 Å². The van der Waals surface area contributed by atoms with Crippen LogP contribution in [0.15, 0.2) is 33.9 Å². The zero-order valence-corrected chi connectivity index (χ0v) is 18.1. The van der Waals surface area contributed by atoms with Crippen molar-refractivity contribution in [2.75, 3.05) is 17.2 Å². The molecule has 0 unspecified atom stereocenters. The number of esters is 1. The van der Waals surface area contributed by atoms with Crippen molar-refractivity contribution in [3.05, 3.63) is 56.4 Å². The first-order valence-corrected chi connectivity index (χ1v) is 11.0. The molecule has 0 aliphatic heterocycles. The van der Waals surface area contributed by atoms with Gasteiger partial charge in [-0.05, 0) is 25.5 Å². The molecule has 3 rings (SSSR count). The summed E-state index contributed by atoms with van der Waals surface area (Å²) in [6, 6.07) is 2.98. The van der Waals surface area contributed by atoms with Gasteiger partial charge in [0.2, 0.25) is 5.91 Å². The van der Waals surface area contributed by atoms with E-state index in [1.54, 1.807) is 23.8 Å². The van der Waals surface area contributed by atoms with E-state index in [1.807, 2.05) is 0 Å². The Morgan fingerprint density at radius 1 is 1.10 bits per heavy atom. The van der Waals surface area contributed by atoms with E-state index in [0.717, 1.165) is 0 Å². The van der Waals surface area contributed by atoms with E-state index in [2.05, 4.69) is 25.6 Å². The summed E-state index contributed by atoms with van der Waals surface area (Å²) in [6.07, 6.45) is 2.04. The van der Waals surface area contributed by atoms with Crippen molar-refractivity contribution < 1.29 is 19.1 Å². The first-order chi connectivity index (χ1) is 14.9. The SMILES string of the molecule is CCOC(=O)Cc1csc(NC(=O)CCc2csc(NC(=O)c3ccc[nH]c3=O)n2)n1. The van der Waals surface area contributed by atoms with Crippen LogP contribution in [0.3, 0.4) is 0 Å². The van der Waals surface area contributed by atoms with Crippen LogP contribution in [-0.2, 0) is 27.2 Å². The first-order valence-electron chi connectivity index (χ1n) is 9.28. The van der Waals surface area contributed by atoms with Gasteiger partial charge in [-0.1, -0.05) is 0 Å². The number of hydrogen-bond donors (Lipinski definition) is 3. The molecule has 162 valence electrons. The number of anilines is 2. The van der Waals surface area contributed by atoms with Crippen molar-refractivity contribution in [1.82, 2.24) is 15.0 Å². The van der Waals surface area contributed by atoms with E-state index in [-0.39, 0.29) is 30.3 Å². The molecule has 12 heteroatoms. The number of rotatable bonds is 9. The third-order valence-electron chi connectivity index (χ3n) is 3.87. The number of nitrogens with one attached hydrogen (secondary N) is 3. The zero-order valence-electron chi connectivity index (χ0n) is 16.5. The summed E-state index contributed by atoms with van der Waals surface area (Å²) in [4.78, 5) is 58.4. The van der Waals surface area contributed by atoms with Crippen LogP contribution in [0.4, 0.5) is 10.3 Å². The second-order valence-corrected chi connectivity index (χ2v) is 7.90. The molecule has 10 nitrogen and oxygen atoms in total. The Morgan fingerprint density at radius 3 is 2.55 bits per heavy atom. The summed E-state index contributed by atoms with van der Waals surface area (Å²) in [5, 5.41) is 9.44. The topological polar surface area (TPSA) is 143 Å². The van der Waals surface area contributed by atoms with Crippen LogP contribution in [0.25, 0.3) is 0 Å². The minimum Gasteiger partial charge on any atom is -0.466 e. The van der Waals surface area contributed by atoms with Crippen LogP contribution >= 0.6 is 22.7 Å². The molecule has 0 saturated carbocycles. The minimum atomic E-state index is -0.553. The summed E-state index contributed by atoms with van der Waals surface area (Å²) in [6.45, 7) is 2.04. The van der Waals surface area contributed by atoms with Crippen LogP contribution in [0, 0.1) is 0 Å². The molecule has 3 aromatic rings. The van der Waals surface area contributed by atoms with Gasteiger partial charge in [-0.15, -0.1) is 22.7 Å². The monoisotopic (exact) mass is 461 g/mol. The fourth-order valence-electron chi connectivity index (χ4n) is 2.47. The fourth-order valence-corrected chi connectivity index (χ4v) is 3.94. The molecule has 0 aromatic carbocycles. The molecule has 3 heterocycles. The molecular weight excluding hydrogens is 442 g/mol. The molecule has 0 bridgehead atoms. The van der Waals surface area contributed by atoms with Gasteiger partial charge in [0.05, 0.1) is 24.4 Å². The largest absolute Gasteiger partial charge is 0.466 e. The molecule has 3 N–H and O–H groups in total. The van der Waals surface area contributed by atoms with Crippen LogP contribution < -0.4 is 16.2 Å². The van der Waals surface area contributed by atoms with Crippen molar-refractivity contribution in [1.29, 1.82) is 0 Å². The standard InChI is InChI=1S/C19H19N5O5S2/c1-2-29-15(26)8-12-10-31-18(22-12)23-14(25)6-5-11-9-30-19(21-11)24-17(28)13-4-3-7-20-16(13)27/h3-4,7,9-10H,2,5-6,8H2,1H3,(H,20,27)(H,21,24,28)(H,22,23,25). The summed E-state index contributed by atoms with van der Waals surface area (Å²) < 4.78 is 4.87. The Morgan fingerprint density at radius 2 is 1.81 bits per heavy atom. The van der Waals surface area contributed by atoms with Crippen LogP contribution in [0.1, 0.15) is 35.1 Å². The third kappa shape index (κ3) is 6.55. The smallest absolute Gasteiger partial charge is 0.311 e. The van der Waals surface area contributed by atoms with Crippen LogP contribution in [0.5, 0.6) is 0 Å². The minimum absolute atomic E-state index is 0.00981. The number of nitrogens with zero attached hydrogens (tertiary/aromatic N) is 2. The maximum Gasteiger partial charge on any atom is 0.311 e. The predicted octanol–water partition coefficient (Wildman–Crippen LogP) is 2.22. The molecule has 0 saturated heterocycles. The lowest BCUT2D eigenvalue weighted by molar-refractivity contribution is -0.142. The Labute approximate surface area is 184 Å². The van der Waals surface area contributed by atoms with E-state index in [9.17, 15) is 19.2 Å². The number of aryl methyl sites for hydroxylation is 1. The van der Waals surface area contributed by atoms with Crippen molar-refractivity contribution in [3.8, 4) is 0 Å². The van der Waals surface area contributed by atoms with E-state index in [1.165, 1.54) is 34.9 Å². The van der Waals surface area contributed by atoms with E-state index in [4.69, 9.17) is 4.74 Å². The maximum absolute atomic E-state index is 12.2. The number of carbonyl (C=O) groups is 3. The highest BCUT2D eigenvalue weighted by Gasteiger charge is 2.14. The van der Waals surface area contributed by atoms with Gasteiger partial charge in [-0.3, -0.25) is 24.5 Å². The second-order valence-electron chi connectivity index (χ2n) is 6.19. The van der Waals surface area contributed by atoms with Gasteiger partial charge in [-0.2, -0.15) is 0 Å². The number of thiazole rings is 2. The van der Waals surface area contributed by atoms with E-state index < -0.39 is 11.5 Å². The maximum atomic E-state index is 12.2. The zero-order chi connectivity index (χ0) is 22.2. The van der Waals surface area contributed by atoms with Crippen LogP contribution in [-0.4, -0.2) is 39.3 Å². The number of hydrogen-bond acceptors (Lipinski definition) is 9. The molecule has 0 radical (unpaired) electrons. The summed E-state index contributed by atoms with van der Waals surface area (Å²) in [5.74, 6) is -1.16. The van der Waals surface area contributed by atoms with E-state index in [0.29, 0.717) is 34.7 Å². The highest BCUT2D eigenvalue weighted by molar-refractivity contribution is 7.14. The fraction of sp³-hybridized carbons (Fsp3) is 0.263. The quantitative estimate of drug-likeness (QED) is 0.415. The normalized spacial score (nSPS) is 10.5. The Balaban J connectivity index is 1.47. The van der Waals surface area contributed by atoms with Crippen molar-refractivity contribution in [3.63, 3.8) is 0 Å². The number of ether oxygens (including phenoxy) is 1. The first kappa shape index (κ1) is 22.3. The molecule has 2 amide bonds. The highest BCUT2D eigenvalue weighted by Crippen LogP contribution is 2.19. The van der Waals surface area contributed by atoms with E-state index >= 15 is 0 Å². The lowest BCUT2D eigenvalue weighted by Crippen LogP contribution is -2.22. The molecule has 31 heavy (non-hydrogen) atoms. The van der Waals surface area contributed by atoms with Crippen LogP contribution in [0.2, 0.25) is 0 Å². The number of aromatic nitrogens is 3. The number of H-pyrrole nitrogens is 1. The molecule has 0 aliphatic carbocycles. The molecule has 0 atom stereocenters.